The number of hydrogen-bond donors (Lipinski definition) is 1. The Kier molecular flexibility index (Phi) is 50.4. The second-order valence-electron chi connectivity index (χ2n) is 20.2. The van der Waals surface area contributed by atoms with E-state index >= 15 is 0 Å². The fourth-order valence-corrected chi connectivity index (χ4v) is 8.18. The van der Waals surface area contributed by atoms with Crippen molar-refractivity contribution < 1.29 is 37.3 Å². The number of hydrogen-bond acceptors (Lipinski definition) is 7. The zero-order chi connectivity index (χ0) is 55.0. The van der Waals surface area contributed by atoms with E-state index in [1.807, 2.05) is 88.0 Å². The van der Waals surface area contributed by atoms with Crippen LogP contribution in [0.4, 0.5) is 0 Å². The molecule has 0 aromatic heterocycles. The van der Waals surface area contributed by atoms with E-state index in [9.17, 15) is 19.0 Å². The van der Waals surface area contributed by atoms with E-state index in [0.29, 0.717) is 23.9 Å². The molecule has 0 aromatic carbocycles. The molecule has 0 saturated carbocycles. The van der Waals surface area contributed by atoms with Gasteiger partial charge in [-0.3, -0.25) is 14.2 Å². The van der Waals surface area contributed by atoms with Crippen LogP contribution in [-0.4, -0.2) is 69.4 Å². The number of ether oxygens (including phenoxy) is 1. The topological polar surface area (TPSA) is 114 Å². The fraction of sp³-hybridized carbons (Fsp3) is 0.600. The Bertz CT molecular complexity index is 1790. The SMILES string of the molecule is CC\C=C/C=C/C=C/C=C\C=C\C=C\CCCCCC(=O)NC(COP(=O)([O-])OCC[N+](C)(C)C)C(/C=C/CCCCCCCCCCCCC)OC(=O)CCCCC/C=C\C/C=C\C/C=C\C/C=C\C/C=C\CC. The number of phosphoric ester groups is 1. The lowest BCUT2D eigenvalue weighted by Gasteiger charge is -2.30. The standard InChI is InChI=1S/C65H107N2O7P/c1-7-10-13-16-19-22-25-28-30-32-33-35-37-40-43-46-49-52-55-58-65(69)74-63(56-53-50-47-44-41-38-27-24-21-18-15-12-9-3)62(61-73-75(70,71)72-60-59-67(4,5)6)66-64(68)57-54-51-48-45-42-39-36-34-31-29-26-23-20-17-14-11-8-2/h10-11,13-14,17,19-20,22-23,26,28-31,33-36,39-40,42-43,53,56,62-63H,7-9,12,15-16,18,21,24-25,27,32,37-38,41,44-52,54-55,57-61H2,1-6H3,(H-,66,68,70,71)/b13-10-,14-11-,20-17+,22-19-,26-23+,30-28-,31-29-,35-33-,36-34+,42-39+,43-40-,56-53+. The second kappa shape index (κ2) is 53.3. The molecule has 0 saturated heterocycles. The van der Waals surface area contributed by atoms with Crippen LogP contribution in [0.2, 0.25) is 0 Å². The van der Waals surface area contributed by atoms with Crippen molar-refractivity contribution in [3.63, 3.8) is 0 Å². The average Bonchev–Trinajstić information content (AvgIpc) is 3.37. The largest absolute Gasteiger partial charge is 0.756 e. The number of esters is 1. The summed E-state index contributed by atoms with van der Waals surface area (Å²) in [7, 11) is 1.11. The first-order valence-electron chi connectivity index (χ1n) is 29.2. The van der Waals surface area contributed by atoms with E-state index < -0.39 is 32.5 Å². The first kappa shape index (κ1) is 70.9. The number of phosphoric acid groups is 1. The van der Waals surface area contributed by atoms with Crippen LogP contribution in [0, 0.1) is 0 Å². The highest BCUT2D eigenvalue weighted by atomic mass is 31.2. The van der Waals surface area contributed by atoms with E-state index in [4.69, 9.17) is 13.8 Å². The van der Waals surface area contributed by atoms with Crippen molar-refractivity contribution in [3.8, 4) is 0 Å². The van der Waals surface area contributed by atoms with Crippen LogP contribution in [0.15, 0.2) is 146 Å². The molecule has 9 nitrogen and oxygen atoms in total. The maximum Gasteiger partial charge on any atom is 0.306 e. The Morgan fingerprint density at radius 1 is 0.493 bits per heavy atom. The van der Waals surface area contributed by atoms with Crippen molar-refractivity contribution in [3.05, 3.63) is 146 Å². The molecule has 3 atom stereocenters. The van der Waals surface area contributed by atoms with Crippen LogP contribution in [0.5, 0.6) is 0 Å². The molecule has 0 spiro atoms. The number of carbonyl (C=O) groups is 2. The molecule has 0 bridgehead atoms. The summed E-state index contributed by atoms with van der Waals surface area (Å²) in [6, 6.07) is -0.937. The summed E-state index contributed by atoms with van der Waals surface area (Å²) < 4.78 is 30.2. The van der Waals surface area contributed by atoms with E-state index in [-0.39, 0.29) is 25.4 Å². The van der Waals surface area contributed by atoms with E-state index in [2.05, 4.69) is 99.0 Å². The minimum Gasteiger partial charge on any atom is -0.756 e. The van der Waals surface area contributed by atoms with Crippen LogP contribution >= 0.6 is 7.82 Å². The van der Waals surface area contributed by atoms with Crippen molar-refractivity contribution in [2.75, 3.05) is 40.9 Å². The third-order valence-corrected chi connectivity index (χ3v) is 12.9. The van der Waals surface area contributed by atoms with Crippen LogP contribution in [-0.2, 0) is 27.9 Å². The summed E-state index contributed by atoms with van der Waals surface area (Å²) in [4.78, 5) is 39.9. The first-order valence-corrected chi connectivity index (χ1v) is 30.7. The molecular weight excluding hydrogens is 952 g/mol. The van der Waals surface area contributed by atoms with Gasteiger partial charge in [0.25, 0.3) is 7.82 Å². The number of rotatable bonds is 50. The predicted molar refractivity (Wildman–Crippen MR) is 320 cm³/mol. The lowest BCUT2D eigenvalue weighted by Crippen LogP contribution is -2.47. The molecule has 0 radical (unpaired) electrons. The van der Waals surface area contributed by atoms with Gasteiger partial charge in [0.1, 0.15) is 19.3 Å². The Balaban J connectivity index is 5.53. The maximum atomic E-state index is 13.5. The number of nitrogens with one attached hydrogen (secondary N) is 1. The van der Waals surface area contributed by atoms with Gasteiger partial charge >= 0.3 is 5.97 Å². The monoisotopic (exact) mass is 1060 g/mol. The van der Waals surface area contributed by atoms with Gasteiger partial charge in [0, 0.05) is 12.8 Å². The Labute approximate surface area is 459 Å². The number of amides is 1. The van der Waals surface area contributed by atoms with Crippen molar-refractivity contribution in [2.45, 2.75) is 213 Å². The number of quaternary nitrogens is 1. The smallest absolute Gasteiger partial charge is 0.306 e. The van der Waals surface area contributed by atoms with Gasteiger partial charge in [0.2, 0.25) is 5.91 Å². The summed E-state index contributed by atoms with van der Waals surface area (Å²) in [6.45, 7) is 6.49. The number of carbonyl (C=O) groups excluding carboxylic acids is 2. The van der Waals surface area contributed by atoms with E-state index in [0.717, 1.165) is 96.3 Å². The van der Waals surface area contributed by atoms with Crippen molar-refractivity contribution in [2.24, 2.45) is 0 Å². The number of unbranched alkanes of at least 4 members (excludes halogenated alkanes) is 17. The minimum absolute atomic E-state index is 0.0462. The molecule has 10 heteroatoms. The Morgan fingerprint density at radius 2 is 0.920 bits per heavy atom. The van der Waals surface area contributed by atoms with Gasteiger partial charge in [-0.1, -0.05) is 238 Å². The summed E-state index contributed by atoms with van der Waals surface area (Å²) in [5.74, 6) is -0.644. The summed E-state index contributed by atoms with van der Waals surface area (Å²) in [6.07, 6.45) is 76.7. The lowest BCUT2D eigenvalue weighted by atomic mass is 10.0. The second-order valence-corrected chi connectivity index (χ2v) is 21.6. The van der Waals surface area contributed by atoms with Gasteiger partial charge in [-0.2, -0.15) is 0 Å². The molecule has 424 valence electrons. The number of nitrogens with zero attached hydrogens (tertiary/aromatic N) is 1. The van der Waals surface area contributed by atoms with Crippen LogP contribution in [0.25, 0.3) is 0 Å². The van der Waals surface area contributed by atoms with Crippen molar-refractivity contribution >= 4 is 19.7 Å². The van der Waals surface area contributed by atoms with E-state index in [1.165, 1.54) is 57.8 Å². The highest BCUT2D eigenvalue weighted by Crippen LogP contribution is 2.38. The minimum atomic E-state index is -4.73. The van der Waals surface area contributed by atoms with Crippen LogP contribution in [0.3, 0.4) is 0 Å². The van der Waals surface area contributed by atoms with Gasteiger partial charge in [0.05, 0.1) is 33.8 Å². The molecule has 0 aromatic rings. The normalized spacial score (nSPS) is 14.8. The molecule has 0 aliphatic heterocycles. The number of likely N-dealkylation sites (N-methyl/N-ethyl adjacent to an activating group) is 1. The molecule has 1 N–H and O–H groups in total. The summed E-state index contributed by atoms with van der Waals surface area (Å²) >= 11 is 0. The molecular formula is C65H107N2O7P. The lowest BCUT2D eigenvalue weighted by molar-refractivity contribution is -0.870. The molecule has 0 aliphatic carbocycles. The quantitative estimate of drug-likeness (QED) is 0.0161. The molecule has 0 rings (SSSR count). The molecule has 0 fully saturated rings. The molecule has 75 heavy (non-hydrogen) atoms. The van der Waals surface area contributed by atoms with E-state index in [1.54, 1.807) is 6.08 Å². The highest BCUT2D eigenvalue weighted by Gasteiger charge is 2.27. The maximum absolute atomic E-state index is 13.5. The van der Waals surface area contributed by atoms with Crippen LogP contribution in [0.1, 0.15) is 201 Å². The summed E-state index contributed by atoms with van der Waals surface area (Å²) in [5, 5.41) is 2.98. The predicted octanol–water partition coefficient (Wildman–Crippen LogP) is 17.2. The zero-order valence-electron chi connectivity index (χ0n) is 48.2. The third kappa shape index (κ3) is 54.5. The van der Waals surface area contributed by atoms with Gasteiger partial charge < -0.3 is 28.5 Å². The van der Waals surface area contributed by atoms with Gasteiger partial charge in [-0.25, -0.2) is 0 Å². The molecule has 1 amide bonds. The van der Waals surface area contributed by atoms with Crippen molar-refractivity contribution in [1.82, 2.24) is 5.32 Å². The molecule has 0 heterocycles. The third-order valence-electron chi connectivity index (χ3n) is 11.9. The van der Waals surface area contributed by atoms with Gasteiger partial charge in [-0.15, -0.1) is 0 Å². The molecule has 3 unspecified atom stereocenters. The summed E-state index contributed by atoms with van der Waals surface area (Å²) in [5.41, 5.74) is 0. The first-order chi connectivity index (χ1) is 36.4. The average molecular weight is 1060 g/mol. The van der Waals surface area contributed by atoms with Crippen molar-refractivity contribution in [1.29, 1.82) is 0 Å². The number of allylic oxidation sites excluding steroid dienone is 23. The Hall–Kier alpha value is -4.11. The van der Waals surface area contributed by atoms with Gasteiger partial charge in [-0.05, 0) is 96.0 Å². The highest BCUT2D eigenvalue weighted by molar-refractivity contribution is 7.45. The molecule has 0 aliphatic rings. The zero-order valence-corrected chi connectivity index (χ0v) is 49.1. The fourth-order valence-electron chi connectivity index (χ4n) is 7.46. The Morgan fingerprint density at radius 3 is 1.44 bits per heavy atom. The van der Waals surface area contributed by atoms with Crippen LogP contribution < -0.4 is 10.2 Å². The van der Waals surface area contributed by atoms with Gasteiger partial charge in [0.15, 0.2) is 0 Å².